The Bertz CT molecular complexity index is 911. The number of rotatable bonds is 6. The molecule has 0 radical (unpaired) electrons. The van der Waals surface area contributed by atoms with E-state index in [2.05, 4.69) is 27.4 Å². The normalized spacial score (nSPS) is 19.8. The lowest BCUT2D eigenvalue weighted by atomic mass is 10.1. The first-order valence-corrected chi connectivity index (χ1v) is 9.28. The topological polar surface area (TPSA) is 63.4 Å². The van der Waals surface area contributed by atoms with Crippen molar-refractivity contribution in [1.29, 1.82) is 0 Å². The molecule has 1 aliphatic heterocycles. The number of likely N-dealkylation sites (tertiary alicyclic amines) is 1. The average molecular weight is 382 g/mol. The Morgan fingerprint density at radius 1 is 1.18 bits per heavy atom. The van der Waals surface area contributed by atoms with Crippen molar-refractivity contribution >= 4 is 0 Å². The molecule has 2 unspecified atom stereocenters. The van der Waals surface area contributed by atoms with Gasteiger partial charge in [0.2, 0.25) is 11.7 Å². The van der Waals surface area contributed by atoms with Crippen LogP contribution in [0.5, 0.6) is 5.75 Å². The van der Waals surface area contributed by atoms with Crippen LogP contribution in [-0.2, 0) is 6.54 Å². The molecule has 0 amide bonds. The predicted molar refractivity (Wildman–Crippen MR) is 103 cm³/mol. The second-order valence-corrected chi connectivity index (χ2v) is 7.08. The van der Waals surface area contributed by atoms with Gasteiger partial charge in [-0.15, -0.1) is 0 Å². The lowest BCUT2D eigenvalue weighted by Crippen LogP contribution is -2.30. The summed E-state index contributed by atoms with van der Waals surface area (Å²) < 4.78 is 23.8. The van der Waals surface area contributed by atoms with Crippen molar-refractivity contribution in [3.05, 3.63) is 65.8 Å². The van der Waals surface area contributed by atoms with Crippen LogP contribution in [0.2, 0.25) is 0 Å². The standard InChI is InChI=1S/C21H23FN4O2/c1-26-13-17(23-12-14-3-7-16(22)8-4-14)11-19(26)21-24-20(25-28-21)15-5-9-18(27-2)10-6-15/h3-10,17,19,23H,11-13H2,1-2H3. The van der Waals surface area contributed by atoms with Crippen LogP contribution in [0.4, 0.5) is 4.39 Å². The van der Waals surface area contributed by atoms with Crippen molar-refractivity contribution in [2.75, 3.05) is 20.7 Å². The van der Waals surface area contributed by atoms with Crippen LogP contribution in [0.3, 0.4) is 0 Å². The van der Waals surface area contributed by atoms with Gasteiger partial charge in [0.25, 0.3) is 0 Å². The van der Waals surface area contributed by atoms with E-state index >= 15 is 0 Å². The number of likely N-dealkylation sites (N-methyl/N-ethyl adjacent to an activating group) is 1. The van der Waals surface area contributed by atoms with Crippen molar-refractivity contribution in [2.24, 2.45) is 0 Å². The molecule has 3 aromatic rings. The molecule has 0 bridgehead atoms. The number of methoxy groups -OCH3 is 1. The molecule has 2 atom stereocenters. The van der Waals surface area contributed by atoms with Crippen LogP contribution in [0.1, 0.15) is 23.9 Å². The predicted octanol–water partition coefficient (Wildman–Crippen LogP) is 3.42. The van der Waals surface area contributed by atoms with Crippen molar-refractivity contribution < 1.29 is 13.7 Å². The summed E-state index contributed by atoms with van der Waals surface area (Å²) in [5.41, 5.74) is 1.95. The van der Waals surface area contributed by atoms with E-state index in [0.717, 1.165) is 29.8 Å². The highest BCUT2D eigenvalue weighted by Gasteiger charge is 2.34. The monoisotopic (exact) mass is 382 g/mol. The molecule has 6 nitrogen and oxygen atoms in total. The van der Waals surface area contributed by atoms with Crippen LogP contribution in [0, 0.1) is 5.82 Å². The average Bonchev–Trinajstić information content (AvgIpc) is 3.34. The second kappa shape index (κ2) is 8.08. The maximum absolute atomic E-state index is 13.0. The molecule has 7 heteroatoms. The fourth-order valence-electron chi connectivity index (χ4n) is 3.53. The minimum Gasteiger partial charge on any atom is -0.497 e. The van der Waals surface area contributed by atoms with E-state index in [0.29, 0.717) is 24.3 Å². The molecule has 1 fully saturated rings. The molecule has 4 rings (SSSR count). The van der Waals surface area contributed by atoms with Gasteiger partial charge in [-0.2, -0.15) is 4.98 Å². The van der Waals surface area contributed by atoms with Crippen LogP contribution in [-0.4, -0.2) is 41.8 Å². The number of hydrogen-bond donors (Lipinski definition) is 1. The van der Waals surface area contributed by atoms with E-state index in [-0.39, 0.29) is 11.9 Å². The minimum absolute atomic E-state index is 0.0743. The molecule has 2 aromatic carbocycles. The lowest BCUT2D eigenvalue weighted by molar-refractivity contribution is 0.244. The number of ether oxygens (including phenoxy) is 1. The maximum Gasteiger partial charge on any atom is 0.244 e. The van der Waals surface area contributed by atoms with Gasteiger partial charge >= 0.3 is 0 Å². The van der Waals surface area contributed by atoms with E-state index in [4.69, 9.17) is 9.26 Å². The zero-order valence-electron chi connectivity index (χ0n) is 15.9. The number of benzene rings is 2. The van der Waals surface area contributed by atoms with E-state index in [9.17, 15) is 4.39 Å². The summed E-state index contributed by atoms with van der Waals surface area (Å²) >= 11 is 0. The molecule has 1 saturated heterocycles. The molecule has 1 N–H and O–H groups in total. The van der Waals surface area contributed by atoms with Crippen LogP contribution < -0.4 is 10.1 Å². The van der Waals surface area contributed by atoms with Gasteiger partial charge in [0, 0.05) is 24.7 Å². The quantitative estimate of drug-likeness (QED) is 0.705. The first-order chi connectivity index (χ1) is 13.6. The Balaban J connectivity index is 1.39. The molecule has 146 valence electrons. The molecular formula is C21H23FN4O2. The third kappa shape index (κ3) is 4.05. The Morgan fingerprint density at radius 3 is 2.64 bits per heavy atom. The molecule has 0 saturated carbocycles. The van der Waals surface area contributed by atoms with Crippen molar-refractivity contribution in [3.63, 3.8) is 0 Å². The fourth-order valence-corrected chi connectivity index (χ4v) is 3.53. The molecule has 1 aromatic heterocycles. The summed E-state index contributed by atoms with van der Waals surface area (Å²) in [6, 6.07) is 14.5. The summed E-state index contributed by atoms with van der Waals surface area (Å²) in [6.45, 7) is 1.58. The highest BCUT2D eigenvalue weighted by molar-refractivity contribution is 5.55. The van der Waals surface area contributed by atoms with Gasteiger partial charge in [0.1, 0.15) is 11.6 Å². The summed E-state index contributed by atoms with van der Waals surface area (Å²) in [7, 11) is 3.69. The molecule has 1 aliphatic rings. The van der Waals surface area contributed by atoms with Crippen molar-refractivity contribution in [1.82, 2.24) is 20.4 Å². The van der Waals surface area contributed by atoms with Crippen LogP contribution in [0.15, 0.2) is 53.1 Å². The van der Waals surface area contributed by atoms with Gasteiger partial charge in [0.15, 0.2) is 0 Å². The van der Waals surface area contributed by atoms with Gasteiger partial charge in [-0.25, -0.2) is 4.39 Å². The number of halogens is 1. The summed E-state index contributed by atoms with van der Waals surface area (Å²) in [5.74, 6) is 1.78. The van der Waals surface area contributed by atoms with Crippen LogP contribution in [0.25, 0.3) is 11.4 Å². The van der Waals surface area contributed by atoms with Gasteiger partial charge in [-0.3, -0.25) is 4.90 Å². The van der Waals surface area contributed by atoms with Gasteiger partial charge in [-0.05, 0) is 55.4 Å². The van der Waals surface area contributed by atoms with E-state index in [1.165, 1.54) is 12.1 Å². The zero-order valence-corrected chi connectivity index (χ0v) is 15.9. The smallest absolute Gasteiger partial charge is 0.244 e. The van der Waals surface area contributed by atoms with E-state index < -0.39 is 0 Å². The Labute approximate surface area is 163 Å². The van der Waals surface area contributed by atoms with Gasteiger partial charge in [0.05, 0.1) is 13.2 Å². The second-order valence-electron chi connectivity index (χ2n) is 7.08. The molecule has 0 spiro atoms. The van der Waals surface area contributed by atoms with Gasteiger partial charge in [-0.1, -0.05) is 17.3 Å². The van der Waals surface area contributed by atoms with Crippen LogP contribution >= 0.6 is 0 Å². The molecular weight excluding hydrogens is 359 g/mol. The summed E-state index contributed by atoms with van der Waals surface area (Å²) in [6.07, 6.45) is 0.877. The Morgan fingerprint density at radius 2 is 1.93 bits per heavy atom. The maximum atomic E-state index is 13.0. The zero-order chi connectivity index (χ0) is 19.5. The van der Waals surface area contributed by atoms with E-state index in [1.54, 1.807) is 19.2 Å². The third-order valence-electron chi connectivity index (χ3n) is 5.13. The van der Waals surface area contributed by atoms with Crippen molar-refractivity contribution in [3.8, 4) is 17.1 Å². The highest BCUT2D eigenvalue weighted by Crippen LogP contribution is 2.31. The van der Waals surface area contributed by atoms with Gasteiger partial charge < -0.3 is 14.6 Å². The SMILES string of the molecule is COc1ccc(-c2noc(C3CC(NCc4ccc(F)cc4)CN3C)n2)cc1. The third-order valence-corrected chi connectivity index (χ3v) is 5.13. The molecule has 2 heterocycles. The van der Waals surface area contributed by atoms with Crippen molar-refractivity contribution in [2.45, 2.75) is 25.0 Å². The number of hydrogen-bond acceptors (Lipinski definition) is 6. The Kier molecular flexibility index (Phi) is 5.36. The fraction of sp³-hybridized carbons (Fsp3) is 0.333. The van der Waals surface area contributed by atoms with E-state index in [1.807, 2.05) is 24.3 Å². The number of aromatic nitrogens is 2. The summed E-state index contributed by atoms with van der Waals surface area (Å²) in [4.78, 5) is 6.82. The summed E-state index contributed by atoms with van der Waals surface area (Å²) in [5, 5.41) is 7.67. The Hall–Kier alpha value is -2.77. The minimum atomic E-state index is -0.214. The number of nitrogens with zero attached hydrogens (tertiary/aromatic N) is 3. The first-order valence-electron chi connectivity index (χ1n) is 9.28. The molecule has 0 aliphatic carbocycles. The lowest BCUT2D eigenvalue weighted by Gasteiger charge is -2.14. The largest absolute Gasteiger partial charge is 0.497 e. The number of nitrogens with one attached hydrogen (secondary N) is 1. The highest BCUT2D eigenvalue weighted by atomic mass is 19.1. The molecule has 28 heavy (non-hydrogen) atoms. The first kappa shape index (κ1) is 18.6.